The van der Waals surface area contributed by atoms with Gasteiger partial charge in [-0.05, 0) is 35.4 Å². The molecule has 0 unspecified atom stereocenters. The van der Waals surface area contributed by atoms with Crippen LogP contribution in [0, 0.1) is 0 Å². The number of carbonyl (C=O) groups excluding carboxylic acids is 1. The summed E-state index contributed by atoms with van der Waals surface area (Å²) in [5.41, 5.74) is 8.59. The molecule has 3 rings (SSSR count). The Balaban J connectivity index is 1.72. The van der Waals surface area contributed by atoms with Gasteiger partial charge in [-0.15, -0.1) is 0 Å². The third-order valence-electron chi connectivity index (χ3n) is 3.73. The lowest BCUT2D eigenvalue weighted by Gasteiger charge is -2.16. The number of hydrogen-bond donors (Lipinski definition) is 2. The van der Waals surface area contributed by atoms with Crippen molar-refractivity contribution in [3.8, 4) is 11.1 Å². The topological polar surface area (TPSA) is 80.9 Å². The van der Waals surface area contributed by atoms with Crippen LogP contribution in [0.3, 0.4) is 0 Å². The fourth-order valence-corrected chi connectivity index (χ4v) is 2.45. The van der Waals surface area contributed by atoms with Crippen LogP contribution in [0.15, 0.2) is 73.2 Å². The van der Waals surface area contributed by atoms with Gasteiger partial charge < -0.3 is 11.1 Å². The van der Waals surface area contributed by atoms with E-state index in [1.54, 1.807) is 18.6 Å². The maximum absolute atomic E-state index is 11.7. The number of aromatic nitrogens is 2. The molecule has 5 heteroatoms. The average Bonchev–Trinajstić information content (AvgIpc) is 2.63. The van der Waals surface area contributed by atoms with Crippen molar-refractivity contribution in [2.24, 2.45) is 5.73 Å². The first-order chi connectivity index (χ1) is 11.7. The van der Waals surface area contributed by atoms with Crippen molar-refractivity contribution in [2.75, 3.05) is 5.32 Å². The molecule has 24 heavy (non-hydrogen) atoms. The first-order valence-electron chi connectivity index (χ1n) is 7.68. The minimum atomic E-state index is -0.508. The molecule has 3 N–H and O–H groups in total. The number of nitrogens with one attached hydrogen (secondary N) is 1. The zero-order valence-electron chi connectivity index (χ0n) is 13.1. The molecule has 2 heterocycles. The van der Waals surface area contributed by atoms with Crippen LogP contribution < -0.4 is 11.1 Å². The van der Waals surface area contributed by atoms with Crippen molar-refractivity contribution in [1.29, 1.82) is 0 Å². The second-order valence-corrected chi connectivity index (χ2v) is 5.46. The van der Waals surface area contributed by atoms with Crippen LogP contribution in [0.1, 0.15) is 5.56 Å². The predicted molar refractivity (Wildman–Crippen MR) is 94.2 cm³/mol. The molecule has 3 aromatic rings. The highest BCUT2D eigenvalue weighted by Crippen LogP contribution is 2.19. The number of carbonyl (C=O) groups is 1. The fraction of sp³-hybridized carbons (Fsp3) is 0.105. The van der Waals surface area contributed by atoms with Gasteiger partial charge in [-0.2, -0.15) is 0 Å². The highest BCUT2D eigenvalue weighted by Gasteiger charge is 2.16. The Labute approximate surface area is 140 Å². The molecule has 0 spiro atoms. The van der Waals surface area contributed by atoms with E-state index in [0.29, 0.717) is 12.2 Å². The molecule has 1 aromatic carbocycles. The average molecular weight is 318 g/mol. The number of pyridine rings is 2. The summed E-state index contributed by atoms with van der Waals surface area (Å²) in [6.07, 6.45) is 5.76. The molecule has 0 saturated heterocycles. The molecule has 120 valence electrons. The summed E-state index contributed by atoms with van der Waals surface area (Å²) in [4.78, 5) is 20.1. The molecule has 0 aliphatic rings. The summed E-state index contributed by atoms with van der Waals surface area (Å²) in [6, 6.07) is 16.9. The molecular formula is C19H18N4O. The van der Waals surface area contributed by atoms with Gasteiger partial charge in [0.1, 0.15) is 11.9 Å². The summed E-state index contributed by atoms with van der Waals surface area (Å²) >= 11 is 0. The lowest BCUT2D eigenvalue weighted by atomic mass is 10.1. The number of amides is 1. The van der Waals surface area contributed by atoms with E-state index >= 15 is 0 Å². The molecule has 0 saturated carbocycles. The number of benzene rings is 1. The molecule has 0 fully saturated rings. The van der Waals surface area contributed by atoms with Crippen LogP contribution in [-0.2, 0) is 11.2 Å². The van der Waals surface area contributed by atoms with Gasteiger partial charge in [0.2, 0.25) is 5.91 Å². The summed E-state index contributed by atoms with van der Waals surface area (Å²) in [5, 5.41) is 3.11. The molecule has 0 aliphatic heterocycles. The highest BCUT2D eigenvalue weighted by atomic mass is 16.1. The zero-order chi connectivity index (χ0) is 16.8. The van der Waals surface area contributed by atoms with E-state index in [1.807, 2.05) is 54.6 Å². The van der Waals surface area contributed by atoms with E-state index in [2.05, 4.69) is 15.3 Å². The number of anilines is 1. The van der Waals surface area contributed by atoms with E-state index in [4.69, 9.17) is 5.73 Å². The molecule has 0 radical (unpaired) electrons. The number of nitrogens with zero attached hydrogens (tertiary/aromatic N) is 2. The second-order valence-electron chi connectivity index (χ2n) is 5.46. The minimum Gasteiger partial charge on any atom is -0.368 e. The largest absolute Gasteiger partial charge is 0.368 e. The van der Waals surface area contributed by atoms with Gasteiger partial charge >= 0.3 is 0 Å². The maximum Gasteiger partial charge on any atom is 0.240 e. The van der Waals surface area contributed by atoms with Gasteiger partial charge in [-0.1, -0.05) is 30.3 Å². The van der Waals surface area contributed by atoms with Crippen LogP contribution in [0.25, 0.3) is 11.1 Å². The van der Waals surface area contributed by atoms with Crippen LogP contribution >= 0.6 is 0 Å². The third kappa shape index (κ3) is 3.95. The first-order valence-corrected chi connectivity index (χ1v) is 7.68. The SMILES string of the molecule is NC(=O)[C@@H](Cc1ccccc1)Nc1ccc(-c2ccncc2)cn1. The summed E-state index contributed by atoms with van der Waals surface area (Å²) in [6.45, 7) is 0. The lowest BCUT2D eigenvalue weighted by molar-refractivity contribution is -0.118. The Morgan fingerprint density at radius 2 is 1.75 bits per heavy atom. The Hall–Kier alpha value is -3.21. The molecule has 0 aliphatic carbocycles. The Kier molecular flexibility index (Phi) is 4.81. The molecule has 1 amide bonds. The summed E-state index contributed by atoms with van der Waals surface area (Å²) < 4.78 is 0. The molecule has 5 nitrogen and oxygen atoms in total. The Bertz CT molecular complexity index is 789. The van der Waals surface area contributed by atoms with Gasteiger partial charge in [-0.3, -0.25) is 9.78 Å². The monoisotopic (exact) mass is 318 g/mol. The van der Waals surface area contributed by atoms with Crippen LogP contribution in [0.5, 0.6) is 0 Å². The van der Waals surface area contributed by atoms with Gasteiger partial charge in [0.15, 0.2) is 0 Å². The number of nitrogens with two attached hydrogens (primary N) is 1. The Morgan fingerprint density at radius 1 is 1.00 bits per heavy atom. The fourth-order valence-electron chi connectivity index (χ4n) is 2.45. The first kappa shape index (κ1) is 15.7. The molecule has 0 bridgehead atoms. The highest BCUT2D eigenvalue weighted by molar-refractivity contribution is 5.83. The van der Waals surface area contributed by atoms with Gasteiger partial charge in [0.25, 0.3) is 0 Å². The molecular weight excluding hydrogens is 300 g/mol. The van der Waals surface area contributed by atoms with Gasteiger partial charge in [0, 0.05) is 30.6 Å². The van der Waals surface area contributed by atoms with Gasteiger partial charge in [-0.25, -0.2) is 4.98 Å². The third-order valence-corrected chi connectivity index (χ3v) is 3.73. The van der Waals surface area contributed by atoms with Gasteiger partial charge in [0.05, 0.1) is 0 Å². The minimum absolute atomic E-state index is 0.404. The zero-order valence-corrected chi connectivity index (χ0v) is 13.1. The standard InChI is InChI=1S/C19H18N4O/c20-19(24)17(12-14-4-2-1-3-5-14)23-18-7-6-16(13-22-18)15-8-10-21-11-9-15/h1-11,13,17H,12H2,(H2,20,24)(H,22,23)/t17-/m1/s1. The van der Waals surface area contributed by atoms with E-state index in [1.165, 1.54) is 0 Å². The van der Waals surface area contributed by atoms with E-state index in [0.717, 1.165) is 16.7 Å². The van der Waals surface area contributed by atoms with E-state index in [-0.39, 0.29) is 0 Å². The van der Waals surface area contributed by atoms with Crippen molar-refractivity contribution in [3.63, 3.8) is 0 Å². The summed E-state index contributed by atoms with van der Waals surface area (Å²) in [5.74, 6) is 0.214. The molecule has 1 atom stereocenters. The quantitative estimate of drug-likeness (QED) is 0.732. The normalized spacial score (nSPS) is 11.7. The van der Waals surface area contributed by atoms with Crippen LogP contribution in [0.4, 0.5) is 5.82 Å². The summed E-state index contributed by atoms with van der Waals surface area (Å²) in [7, 11) is 0. The van der Waals surface area contributed by atoms with Crippen LogP contribution in [0.2, 0.25) is 0 Å². The molecule has 2 aromatic heterocycles. The lowest BCUT2D eigenvalue weighted by Crippen LogP contribution is -2.37. The second kappa shape index (κ2) is 7.37. The predicted octanol–water partition coefficient (Wildman–Crippen LogP) is 2.65. The van der Waals surface area contributed by atoms with Crippen molar-refractivity contribution >= 4 is 11.7 Å². The number of hydrogen-bond acceptors (Lipinski definition) is 4. The smallest absolute Gasteiger partial charge is 0.240 e. The van der Waals surface area contributed by atoms with Crippen molar-refractivity contribution < 1.29 is 4.79 Å². The maximum atomic E-state index is 11.7. The van der Waals surface area contributed by atoms with E-state index in [9.17, 15) is 4.79 Å². The van der Waals surface area contributed by atoms with Crippen molar-refractivity contribution in [2.45, 2.75) is 12.5 Å². The Morgan fingerprint density at radius 3 is 2.38 bits per heavy atom. The van der Waals surface area contributed by atoms with Crippen molar-refractivity contribution in [1.82, 2.24) is 9.97 Å². The van der Waals surface area contributed by atoms with Crippen LogP contribution in [-0.4, -0.2) is 21.9 Å². The van der Waals surface area contributed by atoms with E-state index < -0.39 is 11.9 Å². The number of rotatable bonds is 6. The number of primary amides is 1. The van der Waals surface area contributed by atoms with Crippen molar-refractivity contribution in [3.05, 3.63) is 78.8 Å².